The Bertz CT molecular complexity index is 639. The molecule has 2 atom stereocenters. The van der Waals surface area contributed by atoms with Crippen molar-refractivity contribution in [2.75, 3.05) is 6.61 Å². The SMILES string of the molecule is CCOC(=O)C(C)NC(C)c1ccc2ccccc2c1O. The molecule has 0 aliphatic rings. The first kappa shape index (κ1) is 15.3. The van der Waals surface area contributed by atoms with Gasteiger partial charge in [-0.1, -0.05) is 36.4 Å². The molecule has 0 spiro atoms. The molecule has 0 bridgehead atoms. The van der Waals surface area contributed by atoms with Gasteiger partial charge in [-0.3, -0.25) is 10.1 Å². The summed E-state index contributed by atoms with van der Waals surface area (Å²) in [6, 6.07) is 10.9. The van der Waals surface area contributed by atoms with Crippen LogP contribution in [0.3, 0.4) is 0 Å². The van der Waals surface area contributed by atoms with Crippen LogP contribution < -0.4 is 5.32 Å². The number of hydrogen-bond donors (Lipinski definition) is 2. The van der Waals surface area contributed by atoms with Crippen LogP contribution in [-0.2, 0) is 9.53 Å². The number of esters is 1. The Hall–Kier alpha value is -2.07. The van der Waals surface area contributed by atoms with Gasteiger partial charge in [-0.15, -0.1) is 0 Å². The van der Waals surface area contributed by atoms with Gasteiger partial charge in [0.2, 0.25) is 0 Å². The van der Waals surface area contributed by atoms with E-state index in [2.05, 4.69) is 5.32 Å². The second-order valence-corrected chi connectivity index (χ2v) is 5.09. The molecule has 21 heavy (non-hydrogen) atoms. The average molecular weight is 287 g/mol. The van der Waals surface area contributed by atoms with Crippen LogP contribution in [0.1, 0.15) is 32.4 Å². The van der Waals surface area contributed by atoms with Gasteiger partial charge < -0.3 is 9.84 Å². The van der Waals surface area contributed by atoms with Crippen LogP contribution in [0.4, 0.5) is 0 Å². The van der Waals surface area contributed by atoms with Crippen molar-refractivity contribution in [2.45, 2.75) is 32.9 Å². The van der Waals surface area contributed by atoms with E-state index in [0.29, 0.717) is 6.61 Å². The van der Waals surface area contributed by atoms with Crippen molar-refractivity contribution in [1.29, 1.82) is 0 Å². The first-order valence-electron chi connectivity index (χ1n) is 7.18. The van der Waals surface area contributed by atoms with Crippen LogP contribution in [0.25, 0.3) is 10.8 Å². The Morgan fingerprint density at radius 2 is 1.95 bits per heavy atom. The number of phenols is 1. The molecule has 2 aromatic carbocycles. The molecular weight excluding hydrogens is 266 g/mol. The molecule has 0 heterocycles. The maximum atomic E-state index is 11.7. The van der Waals surface area contributed by atoms with Gasteiger partial charge in [-0.05, 0) is 26.2 Å². The van der Waals surface area contributed by atoms with Crippen molar-refractivity contribution in [1.82, 2.24) is 5.32 Å². The average Bonchev–Trinajstić information content (AvgIpc) is 2.48. The van der Waals surface area contributed by atoms with Gasteiger partial charge in [0.25, 0.3) is 0 Å². The third-order valence-electron chi connectivity index (χ3n) is 3.54. The van der Waals surface area contributed by atoms with E-state index < -0.39 is 6.04 Å². The minimum atomic E-state index is -0.425. The van der Waals surface area contributed by atoms with Crippen molar-refractivity contribution in [3.8, 4) is 5.75 Å². The summed E-state index contributed by atoms with van der Waals surface area (Å²) in [5.74, 6) is -0.0335. The Morgan fingerprint density at radius 3 is 2.67 bits per heavy atom. The van der Waals surface area contributed by atoms with E-state index in [4.69, 9.17) is 4.74 Å². The summed E-state index contributed by atoms with van der Waals surface area (Å²) >= 11 is 0. The molecule has 0 saturated heterocycles. The molecule has 0 saturated carbocycles. The smallest absolute Gasteiger partial charge is 0.322 e. The van der Waals surface area contributed by atoms with Gasteiger partial charge in [0.15, 0.2) is 0 Å². The quantitative estimate of drug-likeness (QED) is 0.829. The summed E-state index contributed by atoms with van der Waals surface area (Å²) in [6.45, 7) is 5.82. The van der Waals surface area contributed by atoms with E-state index in [-0.39, 0.29) is 17.8 Å². The van der Waals surface area contributed by atoms with Gasteiger partial charge in [0, 0.05) is 17.0 Å². The lowest BCUT2D eigenvalue weighted by molar-refractivity contribution is -0.145. The minimum Gasteiger partial charge on any atom is -0.507 e. The fourth-order valence-corrected chi connectivity index (χ4v) is 2.42. The van der Waals surface area contributed by atoms with Crippen molar-refractivity contribution >= 4 is 16.7 Å². The molecule has 2 unspecified atom stereocenters. The molecule has 0 amide bonds. The minimum absolute atomic E-state index is 0.158. The van der Waals surface area contributed by atoms with Crippen molar-refractivity contribution in [3.63, 3.8) is 0 Å². The Labute approximate surface area is 124 Å². The lowest BCUT2D eigenvalue weighted by Gasteiger charge is -2.20. The standard InChI is InChI=1S/C17H21NO3/c1-4-21-17(20)12(3)18-11(2)14-10-9-13-7-5-6-8-15(13)16(14)19/h5-12,18-19H,4H2,1-3H3. The molecule has 2 N–H and O–H groups in total. The lowest BCUT2D eigenvalue weighted by Crippen LogP contribution is -2.37. The highest BCUT2D eigenvalue weighted by molar-refractivity contribution is 5.89. The van der Waals surface area contributed by atoms with E-state index >= 15 is 0 Å². The number of aromatic hydroxyl groups is 1. The number of hydrogen-bond acceptors (Lipinski definition) is 4. The first-order valence-corrected chi connectivity index (χ1v) is 7.18. The van der Waals surface area contributed by atoms with Gasteiger partial charge in [0.05, 0.1) is 6.61 Å². The molecule has 0 fully saturated rings. The zero-order valence-corrected chi connectivity index (χ0v) is 12.6. The molecule has 4 heteroatoms. The predicted octanol–water partition coefficient (Wildman–Crippen LogP) is 3.15. The second kappa shape index (κ2) is 6.59. The topological polar surface area (TPSA) is 58.6 Å². The summed E-state index contributed by atoms with van der Waals surface area (Å²) in [5.41, 5.74) is 0.768. The number of rotatable bonds is 5. The van der Waals surface area contributed by atoms with E-state index in [9.17, 15) is 9.90 Å². The van der Waals surface area contributed by atoms with Crippen molar-refractivity contribution in [3.05, 3.63) is 42.0 Å². The van der Waals surface area contributed by atoms with Crippen LogP contribution in [0.2, 0.25) is 0 Å². The zero-order chi connectivity index (χ0) is 15.4. The normalized spacial score (nSPS) is 13.9. The number of ether oxygens (including phenoxy) is 1. The molecule has 4 nitrogen and oxygen atoms in total. The highest BCUT2D eigenvalue weighted by Gasteiger charge is 2.19. The summed E-state index contributed by atoms with van der Waals surface area (Å²) in [6.07, 6.45) is 0. The number of carbonyl (C=O) groups is 1. The number of fused-ring (bicyclic) bond motifs is 1. The fraction of sp³-hybridized carbons (Fsp3) is 0.353. The highest BCUT2D eigenvalue weighted by Crippen LogP contribution is 2.32. The van der Waals surface area contributed by atoms with E-state index in [1.54, 1.807) is 13.8 Å². The third kappa shape index (κ3) is 3.34. The summed E-state index contributed by atoms with van der Waals surface area (Å²) in [5, 5.41) is 15.4. The summed E-state index contributed by atoms with van der Waals surface area (Å²) in [7, 11) is 0. The molecule has 0 aliphatic carbocycles. The van der Waals surface area contributed by atoms with Crippen LogP contribution in [0, 0.1) is 0 Å². The maximum absolute atomic E-state index is 11.7. The van der Waals surface area contributed by atoms with Crippen LogP contribution in [-0.4, -0.2) is 23.7 Å². The molecular formula is C17H21NO3. The fourth-order valence-electron chi connectivity index (χ4n) is 2.42. The van der Waals surface area contributed by atoms with E-state index in [0.717, 1.165) is 16.3 Å². The van der Waals surface area contributed by atoms with E-state index in [1.807, 2.05) is 43.3 Å². The number of benzene rings is 2. The summed E-state index contributed by atoms with van der Waals surface area (Å²) < 4.78 is 4.98. The molecule has 0 radical (unpaired) electrons. The molecule has 2 rings (SSSR count). The van der Waals surface area contributed by atoms with Gasteiger partial charge in [-0.25, -0.2) is 0 Å². The van der Waals surface area contributed by atoms with Crippen LogP contribution in [0.5, 0.6) is 5.75 Å². The number of nitrogens with one attached hydrogen (secondary N) is 1. The maximum Gasteiger partial charge on any atom is 0.322 e. The predicted molar refractivity (Wildman–Crippen MR) is 83.3 cm³/mol. The number of carbonyl (C=O) groups excluding carboxylic acids is 1. The summed E-state index contributed by atoms with van der Waals surface area (Å²) in [4.78, 5) is 11.7. The Morgan fingerprint density at radius 1 is 1.24 bits per heavy atom. The third-order valence-corrected chi connectivity index (χ3v) is 3.54. The Kier molecular flexibility index (Phi) is 4.81. The molecule has 0 aromatic heterocycles. The molecule has 112 valence electrons. The number of phenolic OH excluding ortho intramolecular Hbond substituents is 1. The monoisotopic (exact) mass is 287 g/mol. The van der Waals surface area contributed by atoms with Gasteiger partial charge >= 0.3 is 5.97 Å². The molecule has 2 aromatic rings. The lowest BCUT2D eigenvalue weighted by atomic mass is 10.0. The van der Waals surface area contributed by atoms with Gasteiger partial charge in [-0.2, -0.15) is 0 Å². The largest absolute Gasteiger partial charge is 0.507 e. The van der Waals surface area contributed by atoms with Crippen molar-refractivity contribution < 1.29 is 14.6 Å². The zero-order valence-electron chi connectivity index (χ0n) is 12.6. The Balaban J connectivity index is 2.21. The highest BCUT2D eigenvalue weighted by atomic mass is 16.5. The first-order chi connectivity index (χ1) is 10.0. The molecule has 0 aliphatic heterocycles. The van der Waals surface area contributed by atoms with Crippen LogP contribution >= 0.6 is 0 Å². The van der Waals surface area contributed by atoms with Gasteiger partial charge in [0.1, 0.15) is 11.8 Å². The van der Waals surface area contributed by atoms with Crippen LogP contribution in [0.15, 0.2) is 36.4 Å². The van der Waals surface area contributed by atoms with E-state index in [1.165, 1.54) is 0 Å². The van der Waals surface area contributed by atoms with Crippen molar-refractivity contribution in [2.24, 2.45) is 0 Å². The second-order valence-electron chi connectivity index (χ2n) is 5.09.